The number of nitrogens with zero attached hydrogens (tertiary/aromatic N) is 1. The smallest absolute Gasteiger partial charge is 0.269 e. The first-order valence-corrected chi connectivity index (χ1v) is 5.90. The van der Waals surface area contributed by atoms with E-state index in [0.717, 1.165) is 0 Å². The maximum atomic E-state index is 11.8. The molecule has 1 amide bonds. The summed E-state index contributed by atoms with van der Waals surface area (Å²) < 4.78 is 5.27. The minimum absolute atomic E-state index is 0.134. The number of rotatable bonds is 3. The van der Waals surface area contributed by atoms with Crippen LogP contribution in [0.4, 0.5) is 0 Å². The third-order valence-electron chi connectivity index (χ3n) is 2.72. The van der Waals surface area contributed by atoms with Gasteiger partial charge in [0, 0.05) is 19.3 Å². The van der Waals surface area contributed by atoms with Gasteiger partial charge in [-0.05, 0) is 12.1 Å². The predicted molar refractivity (Wildman–Crippen MR) is 65.2 cm³/mol. The molecule has 1 aromatic heterocycles. The predicted octanol–water partition coefficient (Wildman–Crippen LogP) is -0.838. The lowest BCUT2D eigenvalue weighted by molar-refractivity contribution is -0.0253. The van der Waals surface area contributed by atoms with Crippen molar-refractivity contribution in [2.45, 2.75) is 5.60 Å². The summed E-state index contributed by atoms with van der Waals surface area (Å²) in [5.41, 5.74) is -0.732. The van der Waals surface area contributed by atoms with Gasteiger partial charge in [-0.1, -0.05) is 6.07 Å². The van der Waals surface area contributed by atoms with Gasteiger partial charge < -0.3 is 20.5 Å². The molecule has 1 aromatic rings. The second-order valence-electron chi connectivity index (χ2n) is 4.35. The van der Waals surface area contributed by atoms with Gasteiger partial charge in [-0.25, -0.2) is 0 Å². The number of aromatic nitrogens is 1. The Hall–Kier alpha value is -1.50. The van der Waals surface area contributed by atoms with Crippen molar-refractivity contribution in [2.24, 2.45) is 0 Å². The molecule has 0 unspecified atom stereocenters. The van der Waals surface area contributed by atoms with Crippen LogP contribution in [0.5, 0.6) is 0 Å². The van der Waals surface area contributed by atoms with Crippen molar-refractivity contribution in [3.05, 3.63) is 30.1 Å². The fraction of sp³-hybridized carbons (Fsp3) is 0.500. The molecule has 1 fully saturated rings. The van der Waals surface area contributed by atoms with Crippen LogP contribution < -0.4 is 10.6 Å². The molecule has 0 aromatic carbocycles. The highest BCUT2D eigenvalue weighted by molar-refractivity contribution is 5.92. The number of hydrogen-bond acceptors (Lipinski definition) is 5. The molecule has 0 bridgehead atoms. The minimum Gasteiger partial charge on any atom is -0.384 e. The molecule has 0 spiro atoms. The molecule has 2 rings (SSSR count). The number of ether oxygens (including phenoxy) is 1. The molecule has 1 aliphatic rings. The fourth-order valence-electron chi connectivity index (χ4n) is 1.72. The Kier molecular flexibility index (Phi) is 4.24. The lowest BCUT2D eigenvalue weighted by atomic mass is 10.1. The number of nitrogens with one attached hydrogen (secondary N) is 2. The van der Waals surface area contributed by atoms with Crippen molar-refractivity contribution in [3.8, 4) is 0 Å². The molecule has 0 saturated carbocycles. The number of aliphatic hydroxyl groups is 1. The molecule has 18 heavy (non-hydrogen) atoms. The number of carbonyl (C=O) groups excluding carboxylic acids is 1. The zero-order chi connectivity index (χ0) is 12.8. The molecular weight excluding hydrogens is 234 g/mol. The van der Waals surface area contributed by atoms with Crippen molar-refractivity contribution in [1.82, 2.24) is 15.6 Å². The molecule has 3 N–H and O–H groups in total. The van der Waals surface area contributed by atoms with Gasteiger partial charge in [0.1, 0.15) is 11.3 Å². The van der Waals surface area contributed by atoms with E-state index in [2.05, 4.69) is 15.6 Å². The number of pyridine rings is 1. The maximum Gasteiger partial charge on any atom is 0.269 e. The van der Waals surface area contributed by atoms with Gasteiger partial charge in [-0.3, -0.25) is 9.78 Å². The standard InChI is InChI=1S/C12H17N3O3/c16-11(10-3-1-2-4-14-10)15-8-12(17)7-13-5-6-18-9-12/h1-4,13,17H,5-9H2,(H,15,16)/t12-/m0/s1. The van der Waals surface area contributed by atoms with Crippen molar-refractivity contribution < 1.29 is 14.6 Å². The number of β-amino-alcohol motifs (C(OH)–C–C–N with tert-alkyl or cyclic N) is 1. The van der Waals surface area contributed by atoms with Crippen LogP contribution in [-0.4, -0.2) is 54.4 Å². The van der Waals surface area contributed by atoms with Crippen LogP contribution in [0, 0.1) is 0 Å². The second-order valence-corrected chi connectivity index (χ2v) is 4.35. The Morgan fingerprint density at radius 1 is 1.61 bits per heavy atom. The first-order chi connectivity index (χ1) is 8.70. The lowest BCUT2D eigenvalue weighted by Crippen LogP contribution is -2.51. The highest BCUT2D eigenvalue weighted by Gasteiger charge is 2.29. The van der Waals surface area contributed by atoms with Gasteiger partial charge in [0.25, 0.3) is 5.91 Å². The molecule has 1 aliphatic heterocycles. The Labute approximate surface area is 105 Å². The highest BCUT2D eigenvalue weighted by Crippen LogP contribution is 2.06. The zero-order valence-electron chi connectivity index (χ0n) is 10.1. The molecule has 1 atom stereocenters. The quantitative estimate of drug-likeness (QED) is 0.652. The van der Waals surface area contributed by atoms with Gasteiger partial charge in [0.15, 0.2) is 0 Å². The summed E-state index contributed by atoms with van der Waals surface area (Å²) in [4.78, 5) is 15.7. The Morgan fingerprint density at radius 2 is 2.50 bits per heavy atom. The number of carbonyl (C=O) groups is 1. The monoisotopic (exact) mass is 251 g/mol. The summed E-state index contributed by atoms with van der Waals surface area (Å²) in [7, 11) is 0. The molecule has 6 heteroatoms. The molecule has 0 aliphatic carbocycles. The highest BCUT2D eigenvalue weighted by atomic mass is 16.5. The van der Waals surface area contributed by atoms with Crippen LogP contribution in [0.15, 0.2) is 24.4 Å². The Balaban J connectivity index is 1.88. The summed E-state index contributed by atoms with van der Waals surface area (Å²) in [6, 6.07) is 5.11. The molecule has 6 nitrogen and oxygen atoms in total. The first kappa shape index (κ1) is 12.9. The third-order valence-corrected chi connectivity index (χ3v) is 2.72. The van der Waals surface area contributed by atoms with Crippen LogP contribution in [0.25, 0.3) is 0 Å². The summed E-state index contributed by atoms with van der Waals surface area (Å²) in [6.45, 7) is 2.01. The van der Waals surface area contributed by atoms with Gasteiger partial charge in [-0.15, -0.1) is 0 Å². The lowest BCUT2D eigenvalue weighted by Gasteiger charge is -2.25. The SMILES string of the molecule is O=C(NC[C@@]1(O)CNCCOC1)c1ccccn1. The second kappa shape index (κ2) is 5.90. The van der Waals surface area contributed by atoms with E-state index in [9.17, 15) is 9.90 Å². The molecule has 1 saturated heterocycles. The topological polar surface area (TPSA) is 83.5 Å². The van der Waals surface area contributed by atoms with Crippen LogP contribution >= 0.6 is 0 Å². The number of amides is 1. The van der Waals surface area contributed by atoms with E-state index in [1.165, 1.54) is 0 Å². The number of hydrogen-bond donors (Lipinski definition) is 3. The molecule has 2 heterocycles. The molecular formula is C12H17N3O3. The average molecular weight is 251 g/mol. The first-order valence-electron chi connectivity index (χ1n) is 5.90. The fourth-order valence-corrected chi connectivity index (χ4v) is 1.72. The average Bonchev–Trinajstić information content (AvgIpc) is 2.62. The maximum absolute atomic E-state index is 11.8. The summed E-state index contributed by atoms with van der Waals surface area (Å²) in [6.07, 6.45) is 1.56. The van der Waals surface area contributed by atoms with Crippen molar-refractivity contribution in [2.75, 3.05) is 32.8 Å². The van der Waals surface area contributed by atoms with Gasteiger partial charge >= 0.3 is 0 Å². The normalized spacial score (nSPS) is 24.3. The summed E-state index contributed by atoms with van der Waals surface area (Å²) >= 11 is 0. The van der Waals surface area contributed by atoms with Crippen molar-refractivity contribution in [3.63, 3.8) is 0 Å². The summed E-state index contributed by atoms with van der Waals surface area (Å²) in [5.74, 6) is -0.298. The van der Waals surface area contributed by atoms with Gasteiger partial charge in [0.2, 0.25) is 0 Å². The van der Waals surface area contributed by atoms with Crippen LogP contribution in [0.3, 0.4) is 0 Å². The van der Waals surface area contributed by atoms with Crippen LogP contribution in [-0.2, 0) is 4.74 Å². The Morgan fingerprint density at radius 3 is 3.28 bits per heavy atom. The van der Waals surface area contributed by atoms with E-state index < -0.39 is 5.60 Å². The van der Waals surface area contributed by atoms with E-state index in [1.54, 1.807) is 24.4 Å². The van der Waals surface area contributed by atoms with E-state index in [0.29, 0.717) is 25.4 Å². The molecule has 98 valence electrons. The Bertz CT molecular complexity index is 389. The van der Waals surface area contributed by atoms with E-state index in [-0.39, 0.29) is 19.1 Å². The van der Waals surface area contributed by atoms with E-state index >= 15 is 0 Å². The third kappa shape index (κ3) is 3.49. The van der Waals surface area contributed by atoms with Crippen molar-refractivity contribution in [1.29, 1.82) is 0 Å². The molecule has 0 radical (unpaired) electrons. The minimum atomic E-state index is -1.07. The van der Waals surface area contributed by atoms with Crippen LogP contribution in [0.2, 0.25) is 0 Å². The van der Waals surface area contributed by atoms with E-state index in [1.807, 2.05) is 0 Å². The largest absolute Gasteiger partial charge is 0.384 e. The summed E-state index contributed by atoms with van der Waals surface area (Å²) in [5, 5.41) is 15.9. The zero-order valence-corrected chi connectivity index (χ0v) is 10.1. The van der Waals surface area contributed by atoms with Crippen LogP contribution in [0.1, 0.15) is 10.5 Å². The van der Waals surface area contributed by atoms with Gasteiger partial charge in [0.05, 0.1) is 19.8 Å². The van der Waals surface area contributed by atoms with Crippen molar-refractivity contribution >= 4 is 5.91 Å². The van der Waals surface area contributed by atoms with E-state index in [4.69, 9.17) is 4.74 Å². The van der Waals surface area contributed by atoms with Gasteiger partial charge in [-0.2, -0.15) is 0 Å².